The molecule has 1 aromatic heterocycles. The van der Waals surface area contributed by atoms with Gasteiger partial charge in [-0.1, -0.05) is 19.9 Å². The summed E-state index contributed by atoms with van der Waals surface area (Å²) in [5.41, 5.74) is 7.66. The van der Waals surface area contributed by atoms with E-state index in [-0.39, 0.29) is 0 Å². The average Bonchev–Trinajstić information content (AvgIpc) is 2.78. The summed E-state index contributed by atoms with van der Waals surface area (Å²) in [7, 11) is 0. The molecule has 1 aromatic carbocycles. The Kier molecular flexibility index (Phi) is 2.95. The second-order valence-corrected chi connectivity index (χ2v) is 4.28. The lowest BCUT2D eigenvalue weighted by Gasteiger charge is -2.03. The van der Waals surface area contributed by atoms with Crippen LogP contribution in [0.2, 0.25) is 0 Å². The van der Waals surface area contributed by atoms with Gasteiger partial charge in [-0.2, -0.15) is 0 Å². The number of hydrogen-bond acceptors (Lipinski definition) is 2. The van der Waals surface area contributed by atoms with Crippen molar-refractivity contribution in [2.75, 3.05) is 0 Å². The Morgan fingerprint density at radius 2 is 2.18 bits per heavy atom. The highest BCUT2D eigenvalue weighted by molar-refractivity contribution is 5.93. The molecule has 0 saturated carbocycles. The van der Waals surface area contributed by atoms with Crippen LogP contribution in [-0.2, 0) is 0 Å². The van der Waals surface area contributed by atoms with Crippen LogP contribution in [0.15, 0.2) is 36.8 Å². The van der Waals surface area contributed by atoms with Gasteiger partial charge in [0.05, 0.1) is 12.0 Å². The number of carbonyl (C=O) groups excluding carboxylic acids is 1. The largest absolute Gasteiger partial charge is 0.366 e. The van der Waals surface area contributed by atoms with Crippen molar-refractivity contribution in [2.45, 2.75) is 19.8 Å². The van der Waals surface area contributed by atoms with E-state index in [1.54, 1.807) is 18.5 Å². The Morgan fingerprint density at radius 3 is 2.76 bits per heavy atom. The van der Waals surface area contributed by atoms with E-state index in [0.29, 0.717) is 11.5 Å². The zero-order valence-electron chi connectivity index (χ0n) is 9.92. The number of aromatic nitrogens is 2. The lowest BCUT2D eigenvalue weighted by atomic mass is 10.1. The molecule has 0 aliphatic heterocycles. The minimum atomic E-state index is -0.420. The summed E-state index contributed by atoms with van der Waals surface area (Å²) < 4.78 is 1.89. The van der Waals surface area contributed by atoms with Crippen LogP contribution in [0.4, 0.5) is 0 Å². The molecule has 2 N–H and O–H groups in total. The van der Waals surface area contributed by atoms with Crippen molar-refractivity contribution >= 4 is 5.91 Å². The molecule has 0 fully saturated rings. The van der Waals surface area contributed by atoms with Gasteiger partial charge in [0, 0.05) is 17.4 Å². The van der Waals surface area contributed by atoms with Gasteiger partial charge in [0.25, 0.3) is 0 Å². The smallest absolute Gasteiger partial charge is 0.248 e. The third kappa shape index (κ3) is 2.36. The summed E-state index contributed by atoms with van der Waals surface area (Å²) in [4.78, 5) is 15.4. The Bertz CT molecular complexity index is 543. The van der Waals surface area contributed by atoms with Crippen molar-refractivity contribution in [2.24, 2.45) is 5.73 Å². The minimum absolute atomic E-state index is 0.385. The zero-order valence-corrected chi connectivity index (χ0v) is 9.92. The number of amides is 1. The van der Waals surface area contributed by atoms with Gasteiger partial charge >= 0.3 is 0 Å². The average molecular weight is 229 g/mol. The van der Waals surface area contributed by atoms with Gasteiger partial charge in [0.15, 0.2) is 0 Å². The van der Waals surface area contributed by atoms with Gasteiger partial charge in [-0.05, 0) is 24.1 Å². The molecular formula is C13H15N3O. The quantitative estimate of drug-likeness (QED) is 0.876. The SMILES string of the molecule is CC(C)c1cn(-c2cccc(C(N)=O)c2)cn1. The lowest BCUT2D eigenvalue weighted by molar-refractivity contribution is 0.100. The number of rotatable bonds is 3. The topological polar surface area (TPSA) is 60.9 Å². The van der Waals surface area contributed by atoms with Crippen molar-refractivity contribution < 1.29 is 4.79 Å². The molecule has 0 unspecified atom stereocenters. The van der Waals surface area contributed by atoms with Crippen molar-refractivity contribution in [3.8, 4) is 5.69 Å². The molecule has 4 nitrogen and oxygen atoms in total. The molecule has 17 heavy (non-hydrogen) atoms. The summed E-state index contributed by atoms with van der Waals surface area (Å²) >= 11 is 0. The molecule has 2 rings (SSSR count). The van der Waals surface area contributed by atoms with E-state index < -0.39 is 5.91 Å². The fraction of sp³-hybridized carbons (Fsp3) is 0.231. The first kappa shape index (κ1) is 11.4. The molecule has 0 spiro atoms. The maximum absolute atomic E-state index is 11.1. The van der Waals surface area contributed by atoms with Gasteiger partial charge in [-0.15, -0.1) is 0 Å². The van der Waals surface area contributed by atoms with E-state index in [2.05, 4.69) is 18.8 Å². The van der Waals surface area contributed by atoms with Crippen LogP contribution in [0.5, 0.6) is 0 Å². The number of benzene rings is 1. The normalized spacial score (nSPS) is 10.8. The Labute approximate surface area is 100 Å². The Hall–Kier alpha value is -2.10. The van der Waals surface area contributed by atoms with Crippen LogP contribution >= 0.6 is 0 Å². The highest BCUT2D eigenvalue weighted by Crippen LogP contribution is 2.15. The monoisotopic (exact) mass is 229 g/mol. The highest BCUT2D eigenvalue weighted by Gasteiger charge is 2.06. The van der Waals surface area contributed by atoms with Gasteiger partial charge in [0.2, 0.25) is 5.91 Å². The summed E-state index contributed by atoms with van der Waals surface area (Å²) in [6.45, 7) is 4.18. The van der Waals surface area contributed by atoms with E-state index >= 15 is 0 Å². The van der Waals surface area contributed by atoms with Crippen LogP contribution in [0, 0.1) is 0 Å². The number of imidazole rings is 1. The predicted molar refractivity (Wildman–Crippen MR) is 66.2 cm³/mol. The molecule has 0 atom stereocenters. The van der Waals surface area contributed by atoms with Gasteiger partial charge in [-0.25, -0.2) is 4.98 Å². The van der Waals surface area contributed by atoms with Crippen LogP contribution in [-0.4, -0.2) is 15.5 Å². The van der Waals surface area contributed by atoms with Crippen LogP contribution in [0.1, 0.15) is 35.8 Å². The Morgan fingerprint density at radius 1 is 1.41 bits per heavy atom. The third-order valence-electron chi connectivity index (χ3n) is 2.62. The third-order valence-corrected chi connectivity index (χ3v) is 2.62. The first-order valence-corrected chi connectivity index (χ1v) is 5.52. The first-order valence-electron chi connectivity index (χ1n) is 5.52. The van der Waals surface area contributed by atoms with Crippen LogP contribution < -0.4 is 5.73 Å². The van der Waals surface area contributed by atoms with Crippen LogP contribution in [0.25, 0.3) is 5.69 Å². The van der Waals surface area contributed by atoms with E-state index in [9.17, 15) is 4.79 Å². The number of primary amides is 1. The van der Waals surface area contributed by atoms with Crippen molar-refractivity contribution in [3.63, 3.8) is 0 Å². The fourth-order valence-electron chi connectivity index (χ4n) is 1.60. The van der Waals surface area contributed by atoms with Gasteiger partial charge in [0.1, 0.15) is 0 Å². The highest BCUT2D eigenvalue weighted by atomic mass is 16.1. The maximum atomic E-state index is 11.1. The molecule has 0 aliphatic rings. The summed E-state index contributed by atoms with van der Waals surface area (Å²) in [6.07, 6.45) is 3.71. The summed E-state index contributed by atoms with van der Waals surface area (Å²) in [6, 6.07) is 7.18. The number of nitrogens with two attached hydrogens (primary N) is 1. The van der Waals surface area contributed by atoms with E-state index in [4.69, 9.17) is 5.73 Å². The zero-order chi connectivity index (χ0) is 12.4. The fourth-order valence-corrected chi connectivity index (χ4v) is 1.60. The Balaban J connectivity index is 2.38. The van der Waals surface area contributed by atoms with Crippen LogP contribution in [0.3, 0.4) is 0 Å². The van der Waals surface area contributed by atoms with Crippen molar-refractivity contribution in [1.29, 1.82) is 0 Å². The van der Waals surface area contributed by atoms with Crippen molar-refractivity contribution in [3.05, 3.63) is 48.0 Å². The molecule has 0 aliphatic carbocycles. The molecule has 2 aromatic rings. The van der Waals surface area contributed by atoms with Gasteiger partial charge < -0.3 is 10.3 Å². The van der Waals surface area contributed by atoms with Gasteiger partial charge in [-0.3, -0.25) is 4.79 Å². The molecule has 0 radical (unpaired) electrons. The molecule has 0 saturated heterocycles. The lowest BCUT2D eigenvalue weighted by Crippen LogP contribution is -2.11. The first-order chi connectivity index (χ1) is 8.08. The number of nitrogens with zero attached hydrogens (tertiary/aromatic N) is 2. The molecular weight excluding hydrogens is 214 g/mol. The molecule has 88 valence electrons. The number of hydrogen-bond donors (Lipinski definition) is 1. The number of carbonyl (C=O) groups is 1. The second kappa shape index (κ2) is 4.41. The van der Waals surface area contributed by atoms with Crippen molar-refractivity contribution in [1.82, 2.24) is 9.55 Å². The molecule has 4 heteroatoms. The summed E-state index contributed by atoms with van der Waals surface area (Å²) in [5.74, 6) is -0.0355. The standard InChI is InChI=1S/C13H15N3O/c1-9(2)12-7-16(8-15-12)11-5-3-4-10(6-11)13(14)17/h3-9H,1-2H3,(H2,14,17). The molecule has 1 amide bonds. The maximum Gasteiger partial charge on any atom is 0.248 e. The molecule has 0 bridgehead atoms. The molecule has 1 heterocycles. The minimum Gasteiger partial charge on any atom is -0.366 e. The van der Waals surface area contributed by atoms with E-state index in [1.165, 1.54) is 0 Å². The predicted octanol–water partition coefficient (Wildman–Crippen LogP) is 2.09. The second-order valence-electron chi connectivity index (χ2n) is 4.28. The van der Waals surface area contributed by atoms with E-state index in [0.717, 1.165) is 11.4 Å². The van der Waals surface area contributed by atoms with E-state index in [1.807, 2.05) is 22.9 Å². The summed E-state index contributed by atoms with van der Waals surface area (Å²) in [5, 5.41) is 0.